The number of hydrogen-bond donors (Lipinski definition) is 4. The van der Waals surface area contributed by atoms with Crippen LogP contribution in [-0.2, 0) is 19.2 Å². The fourth-order valence-corrected chi connectivity index (χ4v) is 6.92. The van der Waals surface area contributed by atoms with Gasteiger partial charge in [0.1, 0.15) is 12.1 Å². The van der Waals surface area contributed by atoms with Crippen LogP contribution < -0.4 is 21.7 Å². The van der Waals surface area contributed by atoms with Gasteiger partial charge in [-0.15, -0.1) is 11.3 Å². The minimum Gasteiger partial charge on any atom is -0.363 e. The topological polar surface area (TPSA) is 181 Å². The van der Waals surface area contributed by atoms with Crippen molar-refractivity contribution in [3.63, 3.8) is 0 Å². The summed E-state index contributed by atoms with van der Waals surface area (Å²) < 4.78 is 0. The van der Waals surface area contributed by atoms with Crippen LogP contribution in [0.15, 0.2) is 11.6 Å². The molecule has 5 amide bonds. The molecule has 2 heterocycles. The Kier molecular flexibility index (Phi) is 9.07. The van der Waals surface area contributed by atoms with E-state index in [-0.39, 0.29) is 39.9 Å². The number of ketones is 2. The largest absolute Gasteiger partial charge is 0.363 e. The Labute approximate surface area is 256 Å². The van der Waals surface area contributed by atoms with Crippen molar-refractivity contribution in [1.82, 2.24) is 25.8 Å². The van der Waals surface area contributed by atoms with Gasteiger partial charge in [0.05, 0.1) is 12.1 Å². The molecule has 1 unspecified atom stereocenters. The van der Waals surface area contributed by atoms with Crippen molar-refractivity contribution in [2.24, 2.45) is 40.2 Å². The molecular formula is C30H44N6O6S. The van der Waals surface area contributed by atoms with E-state index in [9.17, 15) is 28.8 Å². The van der Waals surface area contributed by atoms with Gasteiger partial charge in [-0.1, -0.05) is 61.3 Å². The Hall–Kier alpha value is -3.35. The Morgan fingerprint density at radius 1 is 1.09 bits per heavy atom. The van der Waals surface area contributed by atoms with E-state index in [1.807, 2.05) is 48.5 Å². The number of nitrogens with two attached hydrogens (primary N) is 1. The van der Waals surface area contributed by atoms with Gasteiger partial charge < -0.3 is 26.6 Å². The number of primary amides is 1. The third kappa shape index (κ3) is 6.91. The van der Waals surface area contributed by atoms with Crippen molar-refractivity contribution in [3.8, 4) is 0 Å². The summed E-state index contributed by atoms with van der Waals surface area (Å²) >= 11 is 1.19. The number of thiazole rings is 1. The van der Waals surface area contributed by atoms with Crippen LogP contribution >= 0.6 is 11.3 Å². The van der Waals surface area contributed by atoms with Crippen molar-refractivity contribution >= 4 is 46.7 Å². The number of Topliss-reactive ketones (excluding diaryl/α,β-unsaturated/α-hetero) is 2. The Morgan fingerprint density at radius 3 is 2.26 bits per heavy atom. The molecule has 4 rings (SSSR count). The van der Waals surface area contributed by atoms with Gasteiger partial charge in [0.15, 0.2) is 5.01 Å². The first-order chi connectivity index (χ1) is 19.9. The Balaban J connectivity index is 1.53. The lowest BCUT2D eigenvalue weighted by Crippen LogP contribution is -2.62. The van der Waals surface area contributed by atoms with E-state index >= 15 is 0 Å². The number of hydrogen-bond acceptors (Lipinski definition) is 8. The zero-order valence-corrected chi connectivity index (χ0v) is 26.7. The summed E-state index contributed by atoms with van der Waals surface area (Å²) in [5.41, 5.74) is 4.33. The van der Waals surface area contributed by atoms with E-state index in [1.54, 1.807) is 5.38 Å². The molecule has 0 aromatic carbocycles. The van der Waals surface area contributed by atoms with Gasteiger partial charge in [0, 0.05) is 18.1 Å². The van der Waals surface area contributed by atoms with Crippen LogP contribution in [0.5, 0.6) is 0 Å². The van der Waals surface area contributed by atoms with Crippen molar-refractivity contribution < 1.29 is 28.8 Å². The number of nitrogens with zero attached hydrogens (tertiary/aromatic N) is 2. The SMILES string of the molecule is CC(C)[C@H](NC(=O)N[C@H](C(=O)N1C[C@H]2[C@@H]([C@H]1C(=O)NC(CC1CC1)C(=O)C(N)=O)C2(C)C)C(C)(C)C)C(=O)c1nccs1. The van der Waals surface area contributed by atoms with Gasteiger partial charge in [-0.25, -0.2) is 9.78 Å². The average molecular weight is 617 g/mol. The van der Waals surface area contributed by atoms with Crippen molar-refractivity contribution in [2.45, 2.75) is 91.9 Å². The molecule has 1 aliphatic heterocycles. The molecule has 1 aromatic rings. The number of nitrogens with one attached hydrogen (secondary N) is 3. The third-order valence-electron chi connectivity index (χ3n) is 9.17. The summed E-state index contributed by atoms with van der Waals surface area (Å²) in [4.78, 5) is 84.1. The summed E-state index contributed by atoms with van der Waals surface area (Å²) in [6.07, 6.45) is 3.68. The molecule has 2 aliphatic carbocycles. The first-order valence-electron chi connectivity index (χ1n) is 14.9. The molecule has 43 heavy (non-hydrogen) atoms. The van der Waals surface area contributed by atoms with Gasteiger partial charge in [-0.2, -0.15) is 0 Å². The first kappa shape index (κ1) is 32.6. The number of amides is 5. The molecule has 0 spiro atoms. The van der Waals surface area contributed by atoms with Gasteiger partial charge in [0.2, 0.25) is 23.4 Å². The third-order valence-corrected chi connectivity index (χ3v) is 9.96. The number of aromatic nitrogens is 1. The van der Waals surface area contributed by atoms with Gasteiger partial charge in [0.25, 0.3) is 5.91 Å². The predicted molar refractivity (Wildman–Crippen MR) is 160 cm³/mol. The lowest BCUT2D eigenvalue weighted by molar-refractivity contribution is -0.145. The molecule has 1 saturated heterocycles. The van der Waals surface area contributed by atoms with E-state index in [0.29, 0.717) is 13.0 Å². The second kappa shape index (κ2) is 12.0. The fourth-order valence-electron chi connectivity index (χ4n) is 6.30. The van der Waals surface area contributed by atoms with Crippen LogP contribution in [0.3, 0.4) is 0 Å². The van der Waals surface area contributed by atoms with E-state index in [0.717, 1.165) is 12.8 Å². The maximum Gasteiger partial charge on any atom is 0.316 e. The van der Waals surface area contributed by atoms with E-state index in [2.05, 4.69) is 20.9 Å². The molecule has 13 heteroatoms. The molecule has 2 saturated carbocycles. The Bertz CT molecular complexity index is 1280. The molecule has 5 N–H and O–H groups in total. The lowest BCUT2D eigenvalue weighted by Gasteiger charge is -2.38. The number of piperidine rings is 1. The molecule has 12 nitrogen and oxygen atoms in total. The molecule has 0 bridgehead atoms. The van der Waals surface area contributed by atoms with Gasteiger partial charge in [-0.05, 0) is 40.9 Å². The highest BCUT2D eigenvalue weighted by Crippen LogP contribution is 2.65. The second-order valence-corrected chi connectivity index (χ2v) is 15.1. The molecule has 0 radical (unpaired) electrons. The maximum absolute atomic E-state index is 14.2. The smallest absolute Gasteiger partial charge is 0.316 e. The molecule has 6 atom stereocenters. The molecule has 236 valence electrons. The van der Waals surface area contributed by atoms with Gasteiger partial charge >= 0.3 is 6.03 Å². The molecular weight excluding hydrogens is 572 g/mol. The minimum atomic E-state index is -1.11. The maximum atomic E-state index is 14.2. The molecule has 1 aromatic heterocycles. The number of carbonyl (C=O) groups excluding carboxylic acids is 6. The summed E-state index contributed by atoms with van der Waals surface area (Å²) in [6, 6.07) is -4.48. The highest BCUT2D eigenvalue weighted by Gasteiger charge is 2.70. The van der Waals surface area contributed by atoms with Crippen LogP contribution in [0.25, 0.3) is 0 Å². The lowest BCUT2D eigenvalue weighted by atomic mass is 9.85. The molecule has 3 aliphatic rings. The zero-order chi connectivity index (χ0) is 32.0. The monoisotopic (exact) mass is 616 g/mol. The summed E-state index contributed by atoms with van der Waals surface area (Å²) in [7, 11) is 0. The number of fused-ring (bicyclic) bond motifs is 1. The fraction of sp³-hybridized carbons (Fsp3) is 0.700. The van der Waals surface area contributed by atoms with Gasteiger partial charge in [-0.3, -0.25) is 24.0 Å². The number of likely N-dealkylation sites (tertiary alicyclic amines) is 1. The minimum absolute atomic E-state index is 0.0663. The van der Waals surface area contributed by atoms with Crippen LogP contribution in [0, 0.1) is 34.5 Å². The quantitative estimate of drug-likeness (QED) is 0.204. The first-order valence-corrected chi connectivity index (χ1v) is 15.8. The van der Waals surface area contributed by atoms with Crippen LogP contribution in [0.1, 0.15) is 77.5 Å². The second-order valence-electron chi connectivity index (χ2n) is 14.2. The Morgan fingerprint density at radius 2 is 1.74 bits per heavy atom. The predicted octanol–water partition coefficient (Wildman–Crippen LogP) is 1.89. The van der Waals surface area contributed by atoms with Crippen LogP contribution in [0.4, 0.5) is 4.79 Å². The van der Waals surface area contributed by atoms with E-state index < -0.39 is 59.1 Å². The van der Waals surface area contributed by atoms with E-state index in [1.165, 1.54) is 22.4 Å². The van der Waals surface area contributed by atoms with Crippen LogP contribution in [0.2, 0.25) is 0 Å². The summed E-state index contributed by atoms with van der Waals surface area (Å²) in [5, 5.41) is 10.2. The normalized spacial score (nSPS) is 24.4. The highest BCUT2D eigenvalue weighted by molar-refractivity contribution is 7.11. The highest BCUT2D eigenvalue weighted by atomic mass is 32.1. The summed E-state index contributed by atoms with van der Waals surface area (Å²) in [5.74, 6) is -3.27. The summed E-state index contributed by atoms with van der Waals surface area (Å²) in [6.45, 7) is 13.4. The average Bonchev–Trinajstić information content (AvgIpc) is 3.60. The standard InChI is InChI=1S/C30H44N6O6S/c1-14(2)19(22(38)26-32-10-11-43-26)34-28(42)35-23(29(3,4)5)27(41)36-13-16-18(30(16,6)7)20(36)25(40)33-17(12-15-8-9-15)21(37)24(31)39/h10-11,14-20,23H,8-9,12-13H2,1-7H3,(H2,31,39)(H,33,40)(H2,34,35,42)/t16-,17?,18-,19-,20-,23+/m0/s1. The number of urea groups is 1. The van der Waals surface area contributed by atoms with Crippen LogP contribution in [-0.4, -0.2) is 75.9 Å². The van der Waals surface area contributed by atoms with Crippen molar-refractivity contribution in [1.29, 1.82) is 0 Å². The number of rotatable bonds is 12. The molecule has 3 fully saturated rings. The van der Waals surface area contributed by atoms with Crippen molar-refractivity contribution in [2.75, 3.05) is 6.54 Å². The number of carbonyl (C=O) groups is 6. The zero-order valence-electron chi connectivity index (χ0n) is 25.9. The van der Waals surface area contributed by atoms with E-state index in [4.69, 9.17) is 5.73 Å². The van der Waals surface area contributed by atoms with Crippen molar-refractivity contribution in [3.05, 3.63) is 16.6 Å².